The number of para-hydroxylation sites is 1. The van der Waals surface area contributed by atoms with E-state index >= 15 is 0 Å². The molecule has 4 aromatic rings. The van der Waals surface area contributed by atoms with Gasteiger partial charge in [-0.15, -0.1) is 0 Å². The molecule has 1 heterocycles. The Morgan fingerprint density at radius 2 is 1.68 bits per heavy atom. The minimum atomic E-state index is -0.231. The predicted octanol–water partition coefficient (Wildman–Crippen LogP) is 5.65. The standard InChI is InChI=1S/C25H18FNO/c26-21-11-9-17(10-12-21)15-27-16-20(22-6-3-4-8-24(22)27)14-19-13-18-5-1-2-7-23(18)25(19)28/h1-12,14,16H,13,15H2. The van der Waals surface area contributed by atoms with Gasteiger partial charge in [0.15, 0.2) is 5.78 Å². The summed E-state index contributed by atoms with van der Waals surface area (Å²) in [5, 5.41) is 1.11. The van der Waals surface area contributed by atoms with Crippen LogP contribution in [0.2, 0.25) is 0 Å². The van der Waals surface area contributed by atoms with Crippen LogP contribution in [0.3, 0.4) is 0 Å². The van der Waals surface area contributed by atoms with Crippen molar-refractivity contribution in [1.29, 1.82) is 0 Å². The topological polar surface area (TPSA) is 22.0 Å². The number of carbonyl (C=O) groups excluding carboxylic acids is 1. The summed E-state index contributed by atoms with van der Waals surface area (Å²) in [6.07, 6.45) is 4.77. The van der Waals surface area contributed by atoms with E-state index in [0.717, 1.165) is 38.7 Å². The maximum absolute atomic E-state index is 13.2. The minimum Gasteiger partial charge on any atom is -0.342 e. The van der Waals surface area contributed by atoms with Crippen molar-refractivity contribution in [2.24, 2.45) is 0 Å². The van der Waals surface area contributed by atoms with E-state index < -0.39 is 0 Å². The molecule has 1 aliphatic carbocycles. The molecule has 0 N–H and O–H groups in total. The Kier molecular flexibility index (Phi) is 3.94. The van der Waals surface area contributed by atoms with E-state index in [1.807, 2.05) is 42.5 Å². The molecule has 0 radical (unpaired) electrons. The van der Waals surface area contributed by atoms with Crippen LogP contribution in [0, 0.1) is 5.82 Å². The highest BCUT2D eigenvalue weighted by Crippen LogP contribution is 2.30. The summed E-state index contributed by atoms with van der Waals surface area (Å²) >= 11 is 0. The van der Waals surface area contributed by atoms with Crippen LogP contribution in [0.1, 0.15) is 27.0 Å². The first-order valence-corrected chi connectivity index (χ1v) is 9.34. The number of ketones is 1. The number of rotatable bonds is 3. The Balaban J connectivity index is 1.56. The van der Waals surface area contributed by atoms with Crippen LogP contribution in [0.25, 0.3) is 17.0 Å². The first-order valence-electron chi connectivity index (χ1n) is 9.34. The highest BCUT2D eigenvalue weighted by atomic mass is 19.1. The van der Waals surface area contributed by atoms with Crippen molar-refractivity contribution >= 4 is 22.8 Å². The van der Waals surface area contributed by atoms with Gasteiger partial charge in [0.2, 0.25) is 0 Å². The quantitative estimate of drug-likeness (QED) is 0.429. The van der Waals surface area contributed by atoms with Gasteiger partial charge in [-0.2, -0.15) is 0 Å². The van der Waals surface area contributed by atoms with E-state index in [2.05, 4.69) is 22.9 Å². The Labute approximate surface area is 162 Å². The molecule has 0 unspecified atom stereocenters. The fourth-order valence-electron chi connectivity index (χ4n) is 3.97. The molecule has 28 heavy (non-hydrogen) atoms. The Hall–Kier alpha value is -3.46. The number of halogens is 1. The van der Waals surface area contributed by atoms with Crippen LogP contribution in [0.15, 0.2) is 84.6 Å². The van der Waals surface area contributed by atoms with Gasteiger partial charge in [0, 0.05) is 46.8 Å². The van der Waals surface area contributed by atoms with Crippen molar-refractivity contribution in [3.05, 3.63) is 113 Å². The third-order valence-corrected chi connectivity index (χ3v) is 5.35. The zero-order valence-corrected chi connectivity index (χ0v) is 15.2. The number of allylic oxidation sites excluding steroid dienone is 1. The molecule has 0 amide bonds. The second-order valence-electron chi connectivity index (χ2n) is 7.19. The molecular weight excluding hydrogens is 349 g/mol. The Morgan fingerprint density at radius 3 is 2.50 bits per heavy atom. The van der Waals surface area contributed by atoms with E-state index in [0.29, 0.717) is 13.0 Å². The second-order valence-corrected chi connectivity index (χ2v) is 7.19. The zero-order valence-electron chi connectivity index (χ0n) is 15.2. The normalized spacial score (nSPS) is 14.8. The van der Waals surface area contributed by atoms with Crippen LogP contribution in [-0.2, 0) is 13.0 Å². The lowest BCUT2D eigenvalue weighted by molar-refractivity contribution is 0.104. The Bertz CT molecular complexity index is 1230. The SMILES string of the molecule is O=C1C(=Cc2cn(Cc3ccc(F)cc3)c3ccccc23)Cc2ccccc21. The number of fused-ring (bicyclic) bond motifs is 2. The number of hydrogen-bond acceptors (Lipinski definition) is 1. The largest absolute Gasteiger partial charge is 0.342 e. The third kappa shape index (κ3) is 2.85. The van der Waals surface area contributed by atoms with Crippen LogP contribution in [0.5, 0.6) is 0 Å². The summed E-state index contributed by atoms with van der Waals surface area (Å²) in [4.78, 5) is 12.8. The lowest BCUT2D eigenvalue weighted by atomic mass is 10.1. The summed E-state index contributed by atoms with van der Waals surface area (Å²) in [7, 11) is 0. The number of aromatic nitrogens is 1. The molecule has 0 saturated carbocycles. The third-order valence-electron chi connectivity index (χ3n) is 5.35. The molecule has 2 nitrogen and oxygen atoms in total. The van der Waals surface area contributed by atoms with Gasteiger partial charge in [-0.1, -0.05) is 54.6 Å². The average Bonchev–Trinajstić information content (AvgIpc) is 3.22. The molecule has 136 valence electrons. The summed E-state index contributed by atoms with van der Waals surface area (Å²) in [6, 6.07) is 22.6. The molecule has 5 rings (SSSR count). The fraction of sp³-hybridized carbons (Fsp3) is 0.0800. The van der Waals surface area contributed by atoms with Crippen molar-refractivity contribution in [3.63, 3.8) is 0 Å². The molecule has 0 fully saturated rings. The molecule has 0 bridgehead atoms. The minimum absolute atomic E-state index is 0.117. The number of hydrogen-bond donors (Lipinski definition) is 0. The van der Waals surface area contributed by atoms with Gasteiger partial charge in [-0.3, -0.25) is 4.79 Å². The average molecular weight is 367 g/mol. The summed E-state index contributed by atoms with van der Waals surface area (Å²) in [5.41, 5.74) is 5.89. The monoisotopic (exact) mass is 367 g/mol. The van der Waals surface area contributed by atoms with Gasteiger partial charge >= 0.3 is 0 Å². The first-order chi connectivity index (χ1) is 13.7. The smallest absolute Gasteiger partial charge is 0.189 e. The maximum Gasteiger partial charge on any atom is 0.189 e. The van der Waals surface area contributed by atoms with Crippen LogP contribution >= 0.6 is 0 Å². The van der Waals surface area contributed by atoms with Crippen molar-refractivity contribution in [3.8, 4) is 0 Å². The van der Waals surface area contributed by atoms with Crippen molar-refractivity contribution in [1.82, 2.24) is 4.57 Å². The molecule has 0 atom stereocenters. The lowest BCUT2D eigenvalue weighted by Crippen LogP contribution is -1.97. The summed E-state index contributed by atoms with van der Waals surface area (Å²) in [5.74, 6) is -0.114. The van der Waals surface area contributed by atoms with Crippen molar-refractivity contribution < 1.29 is 9.18 Å². The molecule has 0 aliphatic heterocycles. The molecule has 1 aromatic heterocycles. The van der Waals surface area contributed by atoms with Gasteiger partial charge in [0.25, 0.3) is 0 Å². The molecular formula is C25H18FNO. The van der Waals surface area contributed by atoms with Crippen molar-refractivity contribution in [2.75, 3.05) is 0 Å². The summed E-state index contributed by atoms with van der Waals surface area (Å²) in [6.45, 7) is 0.651. The molecule has 0 spiro atoms. The second kappa shape index (κ2) is 6.61. The lowest BCUT2D eigenvalue weighted by Gasteiger charge is -2.05. The van der Waals surface area contributed by atoms with E-state index in [-0.39, 0.29) is 11.6 Å². The van der Waals surface area contributed by atoms with Gasteiger partial charge in [-0.05, 0) is 35.4 Å². The van der Waals surface area contributed by atoms with Gasteiger partial charge in [0.05, 0.1) is 0 Å². The van der Waals surface area contributed by atoms with Crippen LogP contribution in [0.4, 0.5) is 4.39 Å². The number of nitrogens with zero attached hydrogens (tertiary/aromatic N) is 1. The van der Waals surface area contributed by atoms with Crippen molar-refractivity contribution in [2.45, 2.75) is 13.0 Å². The van der Waals surface area contributed by atoms with Gasteiger partial charge < -0.3 is 4.57 Å². The zero-order chi connectivity index (χ0) is 19.1. The van der Waals surface area contributed by atoms with E-state index in [1.54, 1.807) is 12.1 Å². The Morgan fingerprint density at radius 1 is 0.929 bits per heavy atom. The molecule has 0 saturated heterocycles. The predicted molar refractivity (Wildman–Crippen MR) is 110 cm³/mol. The van der Waals surface area contributed by atoms with E-state index in [4.69, 9.17) is 0 Å². The molecule has 3 aromatic carbocycles. The van der Waals surface area contributed by atoms with Crippen LogP contribution in [-0.4, -0.2) is 10.4 Å². The molecule has 1 aliphatic rings. The van der Waals surface area contributed by atoms with E-state index in [1.165, 1.54) is 12.1 Å². The number of carbonyl (C=O) groups is 1. The number of benzene rings is 3. The van der Waals surface area contributed by atoms with Gasteiger partial charge in [-0.25, -0.2) is 4.39 Å². The highest BCUT2D eigenvalue weighted by Gasteiger charge is 2.24. The first kappa shape index (κ1) is 16.7. The van der Waals surface area contributed by atoms with E-state index in [9.17, 15) is 9.18 Å². The van der Waals surface area contributed by atoms with Gasteiger partial charge in [0.1, 0.15) is 5.82 Å². The molecule has 3 heteroatoms. The fourth-order valence-corrected chi connectivity index (χ4v) is 3.97. The van der Waals surface area contributed by atoms with Crippen LogP contribution < -0.4 is 0 Å². The number of Topliss-reactive ketones (excluding diaryl/α,β-unsaturated/α-hetero) is 1. The summed E-state index contributed by atoms with van der Waals surface area (Å²) < 4.78 is 15.4. The highest BCUT2D eigenvalue weighted by molar-refractivity contribution is 6.16. The maximum atomic E-state index is 13.2.